The van der Waals surface area contributed by atoms with E-state index in [2.05, 4.69) is 28.8 Å². The number of rotatable bonds is 5. The Labute approximate surface area is 165 Å². The first kappa shape index (κ1) is 22.1. The number of carbonyl (C=O) groups is 1. The summed E-state index contributed by atoms with van der Waals surface area (Å²) in [7, 11) is 0. The molecule has 2 aromatic rings. The number of hydrogen-bond acceptors (Lipinski definition) is 4. The highest BCUT2D eigenvalue weighted by molar-refractivity contribution is 7.97. The van der Waals surface area contributed by atoms with Gasteiger partial charge in [-0.25, -0.2) is 4.98 Å². The third-order valence-electron chi connectivity index (χ3n) is 4.48. The lowest BCUT2D eigenvalue weighted by Crippen LogP contribution is -2.50. The second-order valence-electron chi connectivity index (χ2n) is 6.18. The van der Waals surface area contributed by atoms with Crippen LogP contribution in [-0.2, 0) is 17.1 Å². The van der Waals surface area contributed by atoms with Crippen LogP contribution in [0.4, 0.5) is 0 Å². The molecule has 1 saturated heterocycles. The average molecular weight is 405 g/mol. The summed E-state index contributed by atoms with van der Waals surface area (Å²) in [6.45, 7) is 4.43. The van der Waals surface area contributed by atoms with Crippen LogP contribution in [0.3, 0.4) is 0 Å². The molecule has 2 heterocycles. The van der Waals surface area contributed by atoms with E-state index in [1.807, 2.05) is 28.8 Å². The van der Waals surface area contributed by atoms with E-state index in [1.165, 1.54) is 0 Å². The summed E-state index contributed by atoms with van der Waals surface area (Å²) < 4.78 is 2.04. The second-order valence-corrected chi connectivity index (χ2v) is 7.05. The molecule has 140 valence electrons. The number of benzene rings is 1. The third-order valence-corrected chi connectivity index (χ3v) is 5.03. The largest absolute Gasteiger partial charge is 0.350 e. The Bertz CT molecular complexity index is 694. The number of thioether (sulfide) groups is 1. The maximum atomic E-state index is 12.5. The summed E-state index contributed by atoms with van der Waals surface area (Å²) in [5, 5.41) is 6.54. The number of piperidine rings is 1. The number of para-hydroxylation sites is 2. The predicted octanol–water partition coefficient (Wildman–Crippen LogP) is 2.86. The highest BCUT2D eigenvalue weighted by Gasteiger charge is 2.23. The first-order valence-electron chi connectivity index (χ1n) is 8.12. The lowest BCUT2D eigenvalue weighted by Gasteiger charge is -2.30. The summed E-state index contributed by atoms with van der Waals surface area (Å²) in [6.07, 6.45) is 3.16. The molecule has 1 aliphatic heterocycles. The van der Waals surface area contributed by atoms with E-state index in [0.29, 0.717) is 12.5 Å². The fourth-order valence-electron chi connectivity index (χ4n) is 3.12. The molecule has 2 atom stereocenters. The Morgan fingerprint density at radius 2 is 2.16 bits per heavy atom. The summed E-state index contributed by atoms with van der Waals surface area (Å²) in [4.78, 5) is 17.2. The minimum Gasteiger partial charge on any atom is -0.350 e. The minimum atomic E-state index is 0. The Kier molecular flexibility index (Phi) is 9.07. The van der Waals surface area contributed by atoms with Crippen molar-refractivity contribution >= 4 is 53.5 Å². The number of aromatic nitrogens is 2. The van der Waals surface area contributed by atoms with E-state index in [1.54, 1.807) is 11.8 Å². The molecule has 2 unspecified atom stereocenters. The van der Waals surface area contributed by atoms with Crippen LogP contribution >= 0.6 is 36.6 Å². The lowest BCUT2D eigenvalue weighted by atomic mass is 9.95. The zero-order valence-electron chi connectivity index (χ0n) is 14.5. The smallest absolute Gasteiger partial charge is 0.240 e. The van der Waals surface area contributed by atoms with Gasteiger partial charge in [0.1, 0.15) is 12.4 Å². The molecule has 1 aromatic heterocycles. The van der Waals surface area contributed by atoms with Crippen molar-refractivity contribution in [2.24, 2.45) is 5.92 Å². The zero-order valence-corrected chi connectivity index (χ0v) is 17.0. The molecule has 25 heavy (non-hydrogen) atoms. The number of fused-ring (bicyclic) bond motifs is 1. The van der Waals surface area contributed by atoms with Gasteiger partial charge < -0.3 is 15.2 Å². The molecule has 1 aromatic carbocycles. The minimum absolute atomic E-state index is 0. The Balaban J connectivity index is 0.00000156. The van der Waals surface area contributed by atoms with Crippen molar-refractivity contribution in [1.29, 1.82) is 0 Å². The van der Waals surface area contributed by atoms with Crippen LogP contribution in [-0.4, -0.2) is 40.8 Å². The number of nitrogens with zero attached hydrogens (tertiary/aromatic N) is 2. The maximum absolute atomic E-state index is 12.5. The third kappa shape index (κ3) is 5.26. The van der Waals surface area contributed by atoms with Crippen molar-refractivity contribution in [2.75, 3.05) is 19.3 Å². The number of hydrogen-bond donors (Lipinski definition) is 2. The topological polar surface area (TPSA) is 59.0 Å². The van der Waals surface area contributed by atoms with E-state index in [0.717, 1.165) is 42.1 Å². The van der Waals surface area contributed by atoms with Crippen LogP contribution in [0.25, 0.3) is 11.0 Å². The van der Waals surface area contributed by atoms with Crippen molar-refractivity contribution in [3.8, 4) is 0 Å². The van der Waals surface area contributed by atoms with Crippen molar-refractivity contribution in [3.63, 3.8) is 0 Å². The molecular weight excluding hydrogens is 379 g/mol. The van der Waals surface area contributed by atoms with Gasteiger partial charge in [0.25, 0.3) is 0 Å². The van der Waals surface area contributed by atoms with Gasteiger partial charge in [-0.15, -0.1) is 24.8 Å². The Hall–Kier alpha value is -0.950. The first-order valence-corrected chi connectivity index (χ1v) is 9.51. The van der Waals surface area contributed by atoms with Crippen molar-refractivity contribution in [1.82, 2.24) is 20.2 Å². The van der Waals surface area contributed by atoms with E-state index >= 15 is 0 Å². The maximum Gasteiger partial charge on any atom is 0.240 e. The number of halogens is 2. The number of amides is 1. The van der Waals surface area contributed by atoms with E-state index in [9.17, 15) is 4.79 Å². The van der Waals surface area contributed by atoms with Crippen molar-refractivity contribution in [2.45, 2.75) is 31.7 Å². The summed E-state index contributed by atoms with van der Waals surface area (Å²) in [5.74, 6) is 2.36. The van der Waals surface area contributed by atoms with Crippen LogP contribution in [0.1, 0.15) is 19.2 Å². The van der Waals surface area contributed by atoms with Crippen LogP contribution in [0, 0.1) is 5.92 Å². The van der Waals surface area contributed by atoms with Gasteiger partial charge in [0.2, 0.25) is 5.91 Å². The van der Waals surface area contributed by atoms with Gasteiger partial charge >= 0.3 is 0 Å². The predicted molar refractivity (Wildman–Crippen MR) is 110 cm³/mol. The monoisotopic (exact) mass is 404 g/mol. The van der Waals surface area contributed by atoms with Gasteiger partial charge in [-0.05, 0) is 37.3 Å². The van der Waals surface area contributed by atoms with Crippen LogP contribution < -0.4 is 10.6 Å². The Morgan fingerprint density at radius 1 is 1.40 bits per heavy atom. The van der Waals surface area contributed by atoms with Gasteiger partial charge in [-0.1, -0.05) is 19.1 Å². The summed E-state index contributed by atoms with van der Waals surface area (Å²) >= 11 is 1.72. The summed E-state index contributed by atoms with van der Waals surface area (Å²) in [6, 6.07) is 8.23. The Morgan fingerprint density at radius 3 is 2.88 bits per heavy atom. The van der Waals surface area contributed by atoms with Crippen LogP contribution in [0.5, 0.6) is 0 Å². The molecule has 3 rings (SSSR count). The fourth-order valence-corrected chi connectivity index (χ4v) is 3.60. The van der Waals surface area contributed by atoms with Gasteiger partial charge in [-0.2, -0.15) is 11.8 Å². The molecule has 5 nitrogen and oxygen atoms in total. The molecule has 1 amide bonds. The molecule has 0 aliphatic carbocycles. The van der Waals surface area contributed by atoms with E-state index in [4.69, 9.17) is 0 Å². The molecule has 0 bridgehead atoms. The van der Waals surface area contributed by atoms with Gasteiger partial charge in [0.05, 0.1) is 16.8 Å². The SMILES string of the molecule is CSCc1nc2ccccc2n1CC(=O)NC1CNCCC1C.Cl.Cl. The normalized spacial score (nSPS) is 19.8. The van der Waals surface area contributed by atoms with Gasteiger partial charge in [-0.3, -0.25) is 4.79 Å². The molecule has 0 spiro atoms. The highest BCUT2D eigenvalue weighted by Crippen LogP contribution is 2.19. The number of carbonyl (C=O) groups excluding carboxylic acids is 1. The molecular formula is C17H26Cl2N4OS. The second kappa shape index (κ2) is 10.3. The molecule has 1 aliphatic rings. The highest BCUT2D eigenvalue weighted by atomic mass is 35.5. The van der Waals surface area contributed by atoms with E-state index < -0.39 is 0 Å². The molecule has 8 heteroatoms. The fraction of sp³-hybridized carbons (Fsp3) is 0.529. The van der Waals surface area contributed by atoms with Crippen LogP contribution in [0.2, 0.25) is 0 Å². The molecule has 2 N–H and O–H groups in total. The average Bonchev–Trinajstić information content (AvgIpc) is 2.88. The molecule has 0 radical (unpaired) electrons. The van der Waals surface area contributed by atoms with Crippen molar-refractivity contribution in [3.05, 3.63) is 30.1 Å². The van der Waals surface area contributed by atoms with E-state index in [-0.39, 0.29) is 36.8 Å². The van der Waals surface area contributed by atoms with Gasteiger partial charge in [0.15, 0.2) is 0 Å². The standard InChI is InChI=1S/C17H24N4OS.2ClH/c1-12-7-8-18-9-14(12)20-17(22)10-21-15-6-4-3-5-13(15)19-16(21)11-23-2;;/h3-6,12,14,18H,7-11H2,1-2H3,(H,20,22);2*1H. The molecule has 1 fully saturated rings. The summed E-state index contributed by atoms with van der Waals surface area (Å²) in [5.41, 5.74) is 1.98. The number of imidazole rings is 1. The molecule has 0 saturated carbocycles. The first-order chi connectivity index (χ1) is 11.2. The lowest BCUT2D eigenvalue weighted by molar-refractivity contribution is -0.122. The zero-order chi connectivity index (χ0) is 16.2. The number of nitrogens with one attached hydrogen (secondary N) is 2. The quantitative estimate of drug-likeness (QED) is 0.803. The van der Waals surface area contributed by atoms with Crippen molar-refractivity contribution < 1.29 is 4.79 Å². The van der Waals surface area contributed by atoms with Crippen LogP contribution in [0.15, 0.2) is 24.3 Å². The van der Waals surface area contributed by atoms with Gasteiger partial charge in [0, 0.05) is 12.6 Å².